The van der Waals surface area contributed by atoms with Crippen molar-refractivity contribution in [1.82, 2.24) is 5.32 Å². The maximum absolute atomic E-state index is 11.9. The maximum Gasteiger partial charge on any atom is 0.472 e. The van der Waals surface area contributed by atoms with Crippen LogP contribution in [0.3, 0.4) is 0 Å². The van der Waals surface area contributed by atoms with Crippen molar-refractivity contribution >= 4 is 13.7 Å². The zero-order valence-corrected chi connectivity index (χ0v) is 19.8. The minimum absolute atomic E-state index is 0.119. The molecule has 0 aliphatic carbocycles. The molecule has 0 spiro atoms. The molecule has 0 radical (unpaired) electrons. The molecule has 0 saturated carbocycles. The average molecular weight is 436 g/mol. The molecule has 1 atom stereocenters. The van der Waals surface area contributed by atoms with Crippen LogP contribution in [0.2, 0.25) is 0 Å². The van der Waals surface area contributed by atoms with Gasteiger partial charge in [0.15, 0.2) is 0 Å². The van der Waals surface area contributed by atoms with Gasteiger partial charge in [-0.15, -0.1) is 0 Å². The molecule has 2 N–H and O–H groups in total. The number of phosphoric ester groups is 1. The van der Waals surface area contributed by atoms with E-state index >= 15 is 0 Å². The summed E-state index contributed by atoms with van der Waals surface area (Å²) >= 11 is 0. The van der Waals surface area contributed by atoms with Crippen molar-refractivity contribution in [3.05, 3.63) is 12.7 Å². The number of nitrogens with zero attached hydrogens (tertiary/aromatic N) is 1. The molecule has 0 fully saturated rings. The van der Waals surface area contributed by atoms with Crippen LogP contribution in [0.5, 0.6) is 0 Å². The number of rotatable bonds is 20. The van der Waals surface area contributed by atoms with Crippen LogP contribution in [-0.4, -0.2) is 62.2 Å². The van der Waals surface area contributed by atoms with E-state index in [0.717, 1.165) is 19.3 Å². The van der Waals surface area contributed by atoms with Crippen molar-refractivity contribution in [3.8, 4) is 0 Å². The Morgan fingerprint density at radius 2 is 1.48 bits per heavy atom. The van der Waals surface area contributed by atoms with E-state index in [9.17, 15) is 14.3 Å². The predicted octanol–water partition coefficient (Wildman–Crippen LogP) is 4.42. The fourth-order valence-electron chi connectivity index (χ4n) is 2.88. The molecule has 1 unspecified atom stereocenters. The largest absolute Gasteiger partial charge is 0.472 e. The molecule has 172 valence electrons. The molecular weight excluding hydrogens is 391 g/mol. The summed E-state index contributed by atoms with van der Waals surface area (Å²) in [5.41, 5.74) is 0. The molecule has 7 nitrogen and oxygen atoms in total. The molecule has 0 aliphatic rings. The summed E-state index contributed by atoms with van der Waals surface area (Å²) in [7, 11) is -0.0578. The van der Waals surface area contributed by atoms with Crippen molar-refractivity contribution in [3.63, 3.8) is 0 Å². The van der Waals surface area contributed by atoms with Gasteiger partial charge in [-0.1, -0.05) is 71.3 Å². The van der Waals surface area contributed by atoms with Crippen molar-refractivity contribution in [2.75, 3.05) is 46.9 Å². The van der Waals surface area contributed by atoms with Gasteiger partial charge in [0, 0.05) is 0 Å². The second-order valence-corrected chi connectivity index (χ2v) is 9.65. The number of carbonyl (C=O) groups is 1. The number of amides is 1. The lowest BCUT2D eigenvalue weighted by atomic mass is 10.1. The summed E-state index contributed by atoms with van der Waals surface area (Å²) < 4.78 is 22.6. The first-order valence-electron chi connectivity index (χ1n) is 11.1. The average Bonchev–Trinajstić information content (AvgIpc) is 2.65. The van der Waals surface area contributed by atoms with Gasteiger partial charge >= 0.3 is 7.82 Å². The second kappa shape index (κ2) is 17.0. The zero-order valence-electron chi connectivity index (χ0n) is 18.9. The topological polar surface area (TPSA) is 84.9 Å². The van der Waals surface area contributed by atoms with Crippen LogP contribution < -0.4 is 5.32 Å². The minimum atomic E-state index is -4.00. The predicted molar refractivity (Wildman–Crippen MR) is 119 cm³/mol. The van der Waals surface area contributed by atoms with Gasteiger partial charge in [-0.05, 0) is 12.5 Å². The lowest BCUT2D eigenvalue weighted by Gasteiger charge is -2.29. The zero-order chi connectivity index (χ0) is 22.0. The van der Waals surface area contributed by atoms with Crippen molar-refractivity contribution in [2.24, 2.45) is 0 Å². The summed E-state index contributed by atoms with van der Waals surface area (Å²) in [6.45, 7) is 7.72. The SMILES string of the molecule is C=CC(=O)NCC[N+](C)(C)CCOP(=O)(O)OCCCCCCCCCCCC. The lowest BCUT2D eigenvalue weighted by molar-refractivity contribution is -0.889. The highest BCUT2D eigenvalue weighted by Crippen LogP contribution is 2.43. The van der Waals surface area contributed by atoms with E-state index in [1.54, 1.807) is 0 Å². The Morgan fingerprint density at radius 3 is 2.03 bits per heavy atom. The highest BCUT2D eigenvalue weighted by atomic mass is 31.2. The van der Waals surface area contributed by atoms with Crippen molar-refractivity contribution in [1.29, 1.82) is 0 Å². The molecule has 1 amide bonds. The fraction of sp³-hybridized carbons (Fsp3) is 0.857. The number of hydrogen-bond acceptors (Lipinski definition) is 4. The van der Waals surface area contributed by atoms with Crippen LogP contribution in [0, 0.1) is 0 Å². The summed E-state index contributed by atoms with van der Waals surface area (Å²) in [6.07, 6.45) is 13.3. The molecular formula is C21H44N2O5P+. The second-order valence-electron chi connectivity index (χ2n) is 8.20. The minimum Gasteiger partial charge on any atom is -0.347 e. The molecule has 0 heterocycles. The molecule has 0 saturated heterocycles. The van der Waals surface area contributed by atoms with Gasteiger partial charge in [0.25, 0.3) is 0 Å². The van der Waals surface area contributed by atoms with Gasteiger partial charge in [-0.2, -0.15) is 0 Å². The maximum atomic E-state index is 11.9. The van der Waals surface area contributed by atoms with E-state index in [-0.39, 0.29) is 19.1 Å². The Balaban J connectivity index is 3.69. The van der Waals surface area contributed by atoms with Gasteiger partial charge in [-0.3, -0.25) is 13.8 Å². The normalized spacial score (nSPS) is 13.8. The lowest BCUT2D eigenvalue weighted by Crippen LogP contribution is -2.47. The standard InChI is InChI=1S/C21H43N2O5P/c1-5-7-8-9-10-11-12-13-14-15-19-27-29(25,26)28-20-18-23(3,4)17-16-22-21(24)6-2/h6H,2,5,7-20H2,1,3-4H3,(H-,22,24,25,26)/p+1. The molecule has 0 rings (SSSR count). The van der Waals surface area contributed by atoms with E-state index < -0.39 is 7.82 Å². The summed E-state index contributed by atoms with van der Waals surface area (Å²) in [6, 6.07) is 0. The van der Waals surface area contributed by atoms with Crippen LogP contribution in [-0.2, 0) is 18.4 Å². The molecule has 29 heavy (non-hydrogen) atoms. The first-order chi connectivity index (χ1) is 13.7. The Labute approximate surface area is 178 Å². The smallest absolute Gasteiger partial charge is 0.347 e. The third-order valence-corrected chi connectivity index (χ3v) is 5.92. The third kappa shape index (κ3) is 19.0. The number of unbranched alkanes of at least 4 members (excludes halogenated alkanes) is 9. The number of likely N-dealkylation sites (N-methyl/N-ethyl adjacent to an activating group) is 1. The first kappa shape index (κ1) is 28.3. The number of hydrogen-bond donors (Lipinski definition) is 2. The number of carbonyl (C=O) groups excluding carboxylic acids is 1. The van der Waals surface area contributed by atoms with Crippen LogP contribution in [0.1, 0.15) is 71.1 Å². The molecule has 8 heteroatoms. The van der Waals surface area contributed by atoms with Gasteiger partial charge in [0.05, 0.1) is 33.8 Å². The van der Waals surface area contributed by atoms with Crippen LogP contribution >= 0.6 is 7.82 Å². The van der Waals surface area contributed by atoms with Gasteiger partial charge in [-0.25, -0.2) is 4.57 Å². The Kier molecular flexibility index (Phi) is 16.6. The van der Waals surface area contributed by atoms with E-state index in [0.29, 0.717) is 24.1 Å². The Hall–Kier alpha value is -0.720. The summed E-state index contributed by atoms with van der Waals surface area (Å²) in [5, 5.41) is 2.72. The fourth-order valence-corrected chi connectivity index (χ4v) is 3.62. The van der Waals surface area contributed by atoms with E-state index in [2.05, 4.69) is 18.8 Å². The molecule has 0 aromatic heterocycles. The van der Waals surface area contributed by atoms with E-state index in [1.165, 1.54) is 51.0 Å². The van der Waals surface area contributed by atoms with Gasteiger partial charge in [0.1, 0.15) is 13.2 Å². The van der Waals surface area contributed by atoms with Crippen LogP contribution in [0.15, 0.2) is 12.7 Å². The third-order valence-electron chi connectivity index (χ3n) is 4.91. The Bertz CT molecular complexity index is 486. The van der Waals surface area contributed by atoms with Crippen molar-refractivity contribution < 1.29 is 27.8 Å². The number of nitrogens with one attached hydrogen (secondary N) is 1. The van der Waals surface area contributed by atoms with Crippen LogP contribution in [0.4, 0.5) is 0 Å². The highest BCUT2D eigenvalue weighted by molar-refractivity contribution is 7.47. The Morgan fingerprint density at radius 1 is 0.966 bits per heavy atom. The molecule has 0 aromatic carbocycles. The van der Waals surface area contributed by atoms with Gasteiger partial charge in [0.2, 0.25) is 5.91 Å². The summed E-state index contributed by atoms with van der Waals surface area (Å²) in [5.74, 6) is -0.207. The number of quaternary nitrogens is 1. The van der Waals surface area contributed by atoms with Gasteiger partial charge < -0.3 is 14.7 Å². The van der Waals surface area contributed by atoms with Crippen molar-refractivity contribution in [2.45, 2.75) is 71.1 Å². The number of phosphoric acid groups is 1. The van der Waals surface area contributed by atoms with E-state index in [1.807, 2.05) is 14.1 Å². The molecule has 0 bridgehead atoms. The van der Waals surface area contributed by atoms with E-state index in [4.69, 9.17) is 9.05 Å². The summed E-state index contributed by atoms with van der Waals surface area (Å²) in [4.78, 5) is 20.9. The monoisotopic (exact) mass is 435 g/mol. The first-order valence-corrected chi connectivity index (χ1v) is 12.6. The van der Waals surface area contributed by atoms with Crippen LogP contribution in [0.25, 0.3) is 0 Å². The molecule has 0 aliphatic heterocycles. The highest BCUT2D eigenvalue weighted by Gasteiger charge is 2.23. The molecule has 0 aromatic rings. The quantitative estimate of drug-likeness (QED) is 0.128.